The van der Waals surface area contributed by atoms with Gasteiger partial charge < -0.3 is 20.3 Å². The third kappa shape index (κ3) is 5.05. The Morgan fingerprint density at radius 3 is 2.53 bits per heavy atom. The van der Waals surface area contributed by atoms with Crippen LogP contribution in [0.1, 0.15) is 16.6 Å². The van der Waals surface area contributed by atoms with Gasteiger partial charge in [-0.25, -0.2) is 4.85 Å². The van der Waals surface area contributed by atoms with E-state index in [1.807, 2.05) is 0 Å². The van der Waals surface area contributed by atoms with Crippen molar-refractivity contribution in [3.8, 4) is 11.1 Å². The highest BCUT2D eigenvalue weighted by Gasteiger charge is 2.28. The Labute approximate surface area is 188 Å². The van der Waals surface area contributed by atoms with Gasteiger partial charge in [0.25, 0.3) is 5.91 Å². The lowest BCUT2D eigenvalue weighted by Gasteiger charge is -2.28. The minimum atomic E-state index is -0.309. The van der Waals surface area contributed by atoms with Gasteiger partial charge in [0.05, 0.1) is 39.7 Å². The zero-order valence-electron chi connectivity index (χ0n) is 16.3. The number of morpholine rings is 1. The molecule has 2 N–H and O–H groups in total. The summed E-state index contributed by atoms with van der Waals surface area (Å²) in [6.45, 7) is 12.2. The molecule has 1 fully saturated rings. The van der Waals surface area contributed by atoms with Crippen LogP contribution in [0.4, 0.5) is 10.7 Å². The molecule has 2 aromatic rings. The van der Waals surface area contributed by atoms with Crippen molar-refractivity contribution in [1.29, 1.82) is 0 Å². The quantitative estimate of drug-likeness (QED) is 0.498. The van der Waals surface area contributed by atoms with E-state index in [0.29, 0.717) is 64.6 Å². The van der Waals surface area contributed by atoms with Crippen LogP contribution in [0.5, 0.6) is 0 Å². The summed E-state index contributed by atoms with van der Waals surface area (Å²) >= 11 is 13.5. The lowest BCUT2D eigenvalue weighted by atomic mass is 10.0. The molecule has 1 aromatic carbocycles. The molecule has 30 heavy (non-hydrogen) atoms. The third-order valence-corrected chi connectivity index (χ3v) is 6.45. The molecular formula is C20H20Cl2N4O3S. The van der Waals surface area contributed by atoms with E-state index in [0.717, 1.165) is 5.00 Å². The number of thiophene rings is 1. The predicted octanol–water partition coefficient (Wildman–Crippen LogP) is 3.98. The smallest absolute Gasteiger partial charge is 0.260 e. The van der Waals surface area contributed by atoms with Crippen molar-refractivity contribution in [2.45, 2.75) is 6.92 Å². The molecule has 0 bridgehead atoms. The van der Waals surface area contributed by atoms with Gasteiger partial charge in [-0.3, -0.25) is 9.59 Å². The van der Waals surface area contributed by atoms with E-state index in [-0.39, 0.29) is 18.4 Å². The zero-order chi connectivity index (χ0) is 21.7. The number of nitrogens with one attached hydrogen (secondary N) is 2. The summed E-state index contributed by atoms with van der Waals surface area (Å²) in [6, 6.07) is 5.07. The highest BCUT2D eigenvalue weighted by atomic mass is 35.5. The summed E-state index contributed by atoms with van der Waals surface area (Å²) in [6.07, 6.45) is 0. The number of carbonyl (C=O) groups excluding carboxylic acids is 2. The first-order chi connectivity index (χ1) is 14.4. The molecule has 0 unspecified atom stereocenters. The Hall–Kier alpha value is -2.31. The lowest BCUT2D eigenvalue weighted by molar-refractivity contribution is -0.118. The largest absolute Gasteiger partial charge is 0.378 e. The van der Waals surface area contributed by atoms with Crippen LogP contribution in [0.25, 0.3) is 16.0 Å². The number of halogens is 2. The molecule has 7 nitrogen and oxygen atoms in total. The second kappa shape index (κ2) is 10.1. The minimum absolute atomic E-state index is 0.165. The Morgan fingerprint density at radius 2 is 1.90 bits per heavy atom. The van der Waals surface area contributed by atoms with Crippen molar-refractivity contribution in [3.05, 3.63) is 44.5 Å². The molecule has 1 saturated heterocycles. The lowest BCUT2D eigenvalue weighted by Crippen LogP contribution is -2.35. The fourth-order valence-electron chi connectivity index (χ4n) is 3.07. The van der Waals surface area contributed by atoms with Crippen molar-refractivity contribution in [3.63, 3.8) is 0 Å². The molecule has 1 aliphatic heterocycles. The van der Waals surface area contributed by atoms with Crippen LogP contribution in [0, 0.1) is 6.57 Å². The van der Waals surface area contributed by atoms with Gasteiger partial charge in [0.1, 0.15) is 0 Å². The first-order valence-electron chi connectivity index (χ1n) is 9.27. The van der Waals surface area contributed by atoms with Crippen LogP contribution >= 0.6 is 34.5 Å². The number of ether oxygens (including phenoxy) is 1. The fraction of sp³-hybridized carbons (Fsp3) is 0.350. The maximum Gasteiger partial charge on any atom is 0.260 e. The number of amides is 2. The van der Waals surface area contributed by atoms with Crippen LogP contribution in [0.2, 0.25) is 10.0 Å². The van der Waals surface area contributed by atoms with Crippen LogP contribution in [-0.4, -0.2) is 51.2 Å². The van der Waals surface area contributed by atoms with Crippen LogP contribution in [0.15, 0.2) is 18.2 Å². The number of hydrogen-bond donors (Lipinski definition) is 2. The standard InChI is InChI=1S/C20H20Cl2N4O3S/c1-12(27)24-5-6-25-19(28)18-16(13-3-4-14(21)15(22)11-13)17(23-2)20(30-18)26-7-9-29-10-8-26/h3-4,11H,5-10H2,1H3,(H,24,27)(H,25,28). The number of anilines is 1. The fourth-order valence-corrected chi connectivity index (χ4v) is 4.60. The van der Waals surface area contributed by atoms with Crippen molar-refractivity contribution in [2.24, 2.45) is 0 Å². The molecule has 0 radical (unpaired) electrons. The summed E-state index contributed by atoms with van der Waals surface area (Å²) in [5.74, 6) is -0.474. The van der Waals surface area contributed by atoms with E-state index < -0.39 is 0 Å². The summed E-state index contributed by atoms with van der Waals surface area (Å²) in [4.78, 5) is 30.3. The first-order valence-corrected chi connectivity index (χ1v) is 10.8. The number of nitrogens with zero attached hydrogens (tertiary/aromatic N) is 2. The zero-order valence-corrected chi connectivity index (χ0v) is 18.6. The summed E-state index contributed by atoms with van der Waals surface area (Å²) < 4.78 is 5.42. The molecule has 1 aromatic heterocycles. The second-order valence-electron chi connectivity index (χ2n) is 6.54. The summed E-state index contributed by atoms with van der Waals surface area (Å²) in [5, 5.41) is 6.93. The Balaban J connectivity index is 2.01. The monoisotopic (exact) mass is 466 g/mol. The van der Waals surface area contributed by atoms with Gasteiger partial charge in [-0.2, -0.15) is 0 Å². The first kappa shape index (κ1) is 22.4. The van der Waals surface area contributed by atoms with Gasteiger partial charge in [0.2, 0.25) is 11.6 Å². The van der Waals surface area contributed by atoms with Gasteiger partial charge in [-0.05, 0) is 17.7 Å². The van der Waals surface area contributed by atoms with Gasteiger partial charge in [-0.1, -0.05) is 29.3 Å². The van der Waals surface area contributed by atoms with Gasteiger partial charge >= 0.3 is 0 Å². The molecule has 0 spiro atoms. The third-order valence-electron chi connectivity index (χ3n) is 4.47. The molecule has 2 amide bonds. The topological polar surface area (TPSA) is 75.0 Å². The van der Waals surface area contributed by atoms with E-state index in [4.69, 9.17) is 34.5 Å². The minimum Gasteiger partial charge on any atom is -0.378 e. The molecular weight excluding hydrogens is 447 g/mol. The van der Waals surface area contributed by atoms with Gasteiger partial charge in [0.15, 0.2) is 0 Å². The number of carbonyl (C=O) groups is 2. The van der Waals surface area contributed by atoms with E-state index in [1.54, 1.807) is 18.2 Å². The Morgan fingerprint density at radius 1 is 1.20 bits per heavy atom. The van der Waals surface area contributed by atoms with E-state index >= 15 is 0 Å². The molecule has 2 heterocycles. The van der Waals surface area contributed by atoms with Crippen LogP contribution < -0.4 is 15.5 Å². The van der Waals surface area contributed by atoms with Crippen LogP contribution in [0.3, 0.4) is 0 Å². The number of rotatable bonds is 6. The summed E-state index contributed by atoms with van der Waals surface area (Å²) in [5.41, 5.74) is 1.59. The maximum atomic E-state index is 13.0. The molecule has 1 aliphatic rings. The van der Waals surface area contributed by atoms with Crippen molar-refractivity contribution < 1.29 is 14.3 Å². The highest BCUT2D eigenvalue weighted by Crippen LogP contribution is 2.49. The molecule has 10 heteroatoms. The normalized spacial score (nSPS) is 13.6. The predicted molar refractivity (Wildman–Crippen MR) is 120 cm³/mol. The van der Waals surface area contributed by atoms with Gasteiger partial charge in [-0.15, -0.1) is 11.3 Å². The molecule has 158 valence electrons. The summed E-state index contributed by atoms with van der Waals surface area (Å²) in [7, 11) is 0. The molecule has 0 saturated carbocycles. The SMILES string of the molecule is [C-]#[N+]c1c(N2CCOCC2)sc(C(=O)NCCNC(C)=O)c1-c1ccc(Cl)c(Cl)c1. The van der Waals surface area contributed by atoms with Crippen molar-refractivity contribution in [1.82, 2.24) is 10.6 Å². The second-order valence-corrected chi connectivity index (χ2v) is 8.35. The van der Waals surface area contributed by atoms with E-state index in [9.17, 15) is 9.59 Å². The average Bonchev–Trinajstić information content (AvgIpc) is 3.13. The molecule has 0 aliphatic carbocycles. The molecule has 0 atom stereocenters. The maximum absolute atomic E-state index is 13.0. The van der Waals surface area contributed by atoms with Crippen molar-refractivity contribution >= 4 is 57.0 Å². The highest BCUT2D eigenvalue weighted by molar-refractivity contribution is 7.19. The number of benzene rings is 1. The van der Waals surface area contributed by atoms with E-state index in [2.05, 4.69) is 20.4 Å². The van der Waals surface area contributed by atoms with Crippen LogP contribution in [-0.2, 0) is 9.53 Å². The Bertz CT molecular complexity index is 997. The molecule has 3 rings (SSSR count). The Kier molecular flexibility index (Phi) is 7.56. The number of hydrogen-bond acceptors (Lipinski definition) is 5. The van der Waals surface area contributed by atoms with Gasteiger partial charge in [0, 0.05) is 38.7 Å². The van der Waals surface area contributed by atoms with E-state index in [1.165, 1.54) is 18.3 Å². The average molecular weight is 467 g/mol. The van der Waals surface area contributed by atoms with Crippen molar-refractivity contribution in [2.75, 3.05) is 44.3 Å².